The van der Waals surface area contributed by atoms with E-state index in [4.69, 9.17) is 5.11 Å². The largest absolute Gasteiger partial charge is 0.397 e. The van der Waals surface area contributed by atoms with Gasteiger partial charge < -0.3 is 10.1 Å². The van der Waals surface area contributed by atoms with E-state index in [1.165, 1.54) is 11.1 Å². The van der Waals surface area contributed by atoms with Crippen LogP contribution in [0.3, 0.4) is 0 Å². The molecule has 0 aliphatic heterocycles. The lowest BCUT2D eigenvalue weighted by Gasteiger charge is -1.97. The molecule has 0 unspecified atom stereocenters. The van der Waals surface area contributed by atoms with Gasteiger partial charge in [0.1, 0.15) is 0 Å². The molecule has 2 N–H and O–H groups in total. The average Bonchev–Trinajstić information content (AvgIpc) is 3.10. The van der Waals surface area contributed by atoms with Crippen molar-refractivity contribution in [3.63, 3.8) is 0 Å². The fourth-order valence-electron chi connectivity index (χ4n) is 1.37. The minimum Gasteiger partial charge on any atom is -0.397 e. The van der Waals surface area contributed by atoms with Crippen LogP contribution in [0.2, 0.25) is 0 Å². The molecule has 0 aromatic carbocycles. The lowest BCUT2D eigenvalue weighted by Crippen LogP contribution is -1.77. The Morgan fingerprint density at radius 1 is 0.850 bits per heavy atom. The van der Waals surface area contributed by atoms with E-state index >= 15 is 0 Å². The van der Waals surface area contributed by atoms with Gasteiger partial charge >= 0.3 is 0 Å². The zero-order chi connectivity index (χ0) is 14.5. The fourth-order valence-corrected chi connectivity index (χ4v) is 1.37. The first-order valence-electron chi connectivity index (χ1n) is 6.37. The second-order valence-electron chi connectivity index (χ2n) is 3.67. The number of rotatable bonds is 1. The molecule has 0 saturated carbocycles. The van der Waals surface area contributed by atoms with Crippen LogP contribution in [0.15, 0.2) is 73.6 Å². The van der Waals surface area contributed by atoms with Crippen LogP contribution in [0.1, 0.15) is 6.92 Å². The molecule has 104 valence electrons. The van der Waals surface area contributed by atoms with Gasteiger partial charge in [-0.1, -0.05) is 0 Å². The van der Waals surface area contributed by atoms with Crippen molar-refractivity contribution in [1.82, 2.24) is 15.0 Å². The highest BCUT2D eigenvalue weighted by Gasteiger charge is 1.92. The van der Waals surface area contributed by atoms with E-state index in [0.717, 1.165) is 0 Å². The highest BCUT2D eigenvalue weighted by Crippen LogP contribution is 2.15. The maximum absolute atomic E-state index is 7.57. The third-order valence-corrected chi connectivity index (χ3v) is 2.19. The summed E-state index contributed by atoms with van der Waals surface area (Å²) in [5.41, 5.74) is 2.35. The molecule has 3 aromatic heterocycles. The Kier molecular flexibility index (Phi) is 8.16. The van der Waals surface area contributed by atoms with Crippen molar-refractivity contribution in [1.29, 1.82) is 0 Å². The summed E-state index contributed by atoms with van der Waals surface area (Å²) in [7, 11) is 0. The Labute approximate surface area is 119 Å². The molecule has 0 bridgehead atoms. The van der Waals surface area contributed by atoms with Crippen LogP contribution in [0.4, 0.5) is 0 Å². The highest BCUT2D eigenvalue weighted by molar-refractivity contribution is 5.61. The number of aromatic nitrogens is 3. The minimum absolute atomic E-state index is 0.250. The van der Waals surface area contributed by atoms with Crippen LogP contribution >= 0.6 is 0 Å². The van der Waals surface area contributed by atoms with E-state index in [9.17, 15) is 0 Å². The summed E-state index contributed by atoms with van der Waals surface area (Å²) < 4.78 is 0. The first-order chi connectivity index (χ1) is 9.88. The van der Waals surface area contributed by atoms with Crippen LogP contribution in [0, 0.1) is 0 Å². The van der Waals surface area contributed by atoms with Gasteiger partial charge in [-0.3, -0.25) is 9.97 Å². The van der Waals surface area contributed by atoms with Crippen molar-refractivity contribution in [3.05, 3.63) is 73.6 Å². The summed E-state index contributed by atoms with van der Waals surface area (Å²) in [6.45, 7) is 1.93. The molecule has 0 radical (unpaired) electrons. The van der Waals surface area contributed by atoms with Crippen LogP contribution in [-0.4, -0.2) is 26.7 Å². The molecule has 4 heteroatoms. The van der Waals surface area contributed by atoms with Gasteiger partial charge in [-0.15, -0.1) is 0 Å². The summed E-state index contributed by atoms with van der Waals surface area (Å²) in [4.78, 5) is 10.8. The smallest absolute Gasteiger partial charge is 0.0402 e. The molecule has 0 saturated heterocycles. The molecule has 0 atom stereocenters. The Bertz CT molecular complexity index is 469. The van der Waals surface area contributed by atoms with Crippen molar-refractivity contribution >= 4 is 0 Å². The average molecular weight is 269 g/mol. The van der Waals surface area contributed by atoms with Gasteiger partial charge in [-0.25, -0.2) is 0 Å². The number of pyridine rings is 2. The molecule has 3 heterocycles. The number of aliphatic hydroxyl groups excluding tert-OH is 1. The van der Waals surface area contributed by atoms with Gasteiger partial charge in [0.25, 0.3) is 0 Å². The summed E-state index contributed by atoms with van der Waals surface area (Å²) >= 11 is 0. The number of hydrogen-bond donors (Lipinski definition) is 2. The first kappa shape index (κ1) is 15.6. The third kappa shape index (κ3) is 6.47. The van der Waals surface area contributed by atoms with Crippen molar-refractivity contribution in [3.8, 4) is 11.1 Å². The zero-order valence-corrected chi connectivity index (χ0v) is 11.5. The van der Waals surface area contributed by atoms with Crippen molar-refractivity contribution in [2.24, 2.45) is 0 Å². The molecule has 20 heavy (non-hydrogen) atoms. The topological polar surface area (TPSA) is 61.8 Å². The summed E-state index contributed by atoms with van der Waals surface area (Å²) in [6.07, 6.45) is 10.9. The predicted octanol–water partition coefficient (Wildman–Crippen LogP) is 3.16. The van der Waals surface area contributed by atoms with E-state index in [0.29, 0.717) is 0 Å². The van der Waals surface area contributed by atoms with Crippen molar-refractivity contribution in [2.45, 2.75) is 6.92 Å². The van der Waals surface area contributed by atoms with Gasteiger partial charge in [0.05, 0.1) is 0 Å². The van der Waals surface area contributed by atoms with Gasteiger partial charge in [0, 0.05) is 43.8 Å². The number of aliphatic hydroxyl groups is 1. The molecule has 3 rings (SSSR count). The van der Waals surface area contributed by atoms with Gasteiger partial charge in [0.2, 0.25) is 0 Å². The lowest BCUT2D eigenvalue weighted by atomic mass is 10.1. The molecular weight excluding hydrogens is 250 g/mol. The van der Waals surface area contributed by atoms with E-state index in [2.05, 4.69) is 15.0 Å². The van der Waals surface area contributed by atoms with Crippen molar-refractivity contribution in [2.75, 3.05) is 6.61 Å². The Balaban J connectivity index is 0.000000208. The van der Waals surface area contributed by atoms with Crippen LogP contribution in [0.5, 0.6) is 0 Å². The Morgan fingerprint density at radius 3 is 1.45 bits per heavy atom. The normalized spacial score (nSPS) is 8.70. The van der Waals surface area contributed by atoms with Crippen LogP contribution < -0.4 is 0 Å². The minimum atomic E-state index is 0.250. The Hall–Kier alpha value is -2.46. The number of H-pyrrole nitrogens is 1. The monoisotopic (exact) mass is 269 g/mol. The van der Waals surface area contributed by atoms with Crippen molar-refractivity contribution < 1.29 is 5.11 Å². The first-order valence-corrected chi connectivity index (χ1v) is 6.37. The fraction of sp³-hybridized carbons (Fsp3) is 0.125. The predicted molar refractivity (Wildman–Crippen MR) is 81.0 cm³/mol. The molecule has 3 aromatic rings. The highest BCUT2D eigenvalue weighted by atomic mass is 16.2. The third-order valence-electron chi connectivity index (χ3n) is 2.19. The quantitative estimate of drug-likeness (QED) is 0.713. The second-order valence-corrected chi connectivity index (χ2v) is 3.67. The summed E-state index contributed by atoms with van der Waals surface area (Å²) in [5.74, 6) is 0. The lowest BCUT2D eigenvalue weighted by molar-refractivity contribution is 0.318. The molecular formula is C16H19N3O. The molecule has 0 aliphatic rings. The van der Waals surface area contributed by atoms with Gasteiger partial charge in [-0.2, -0.15) is 0 Å². The zero-order valence-electron chi connectivity index (χ0n) is 11.5. The van der Waals surface area contributed by atoms with Crippen LogP contribution in [-0.2, 0) is 0 Å². The maximum Gasteiger partial charge on any atom is 0.0402 e. The van der Waals surface area contributed by atoms with E-state index in [1.54, 1.807) is 31.7 Å². The standard InChI is InChI=1S/C10H8N2.C4H5N.C2H6O/c1-5-11-6-2-9(1)10-3-7-12-8-4-10;1-2-4-5-3-1;1-2-3/h1-8H;1-5H;3H,2H2,1H3. The van der Waals surface area contributed by atoms with E-state index in [-0.39, 0.29) is 6.61 Å². The second kappa shape index (κ2) is 10.5. The van der Waals surface area contributed by atoms with Crippen LogP contribution in [0.25, 0.3) is 11.1 Å². The number of nitrogens with zero attached hydrogens (tertiary/aromatic N) is 2. The summed E-state index contributed by atoms with van der Waals surface area (Å²) in [6, 6.07) is 11.8. The summed E-state index contributed by atoms with van der Waals surface area (Å²) in [5, 5.41) is 7.57. The van der Waals surface area contributed by atoms with E-state index in [1.807, 2.05) is 48.8 Å². The molecule has 0 aliphatic carbocycles. The maximum atomic E-state index is 7.57. The van der Waals surface area contributed by atoms with E-state index < -0.39 is 0 Å². The molecule has 0 fully saturated rings. The number of hydrogen-bond acceptors (Lipinski definition) is 3. The number of nitrogens with one attached hydrogen (secondary N) is 1. The Morgan fingerprint density at radius 2 is 1.20 bits per heavy atom. The van der Waals surface area contributed by atoms with Gasteiger partial charge in [-0.05, 0) is 54.4 Å². The van der Waals surface area contributed by atoms with Gasteiger partial charge in [0.15, 0.2) is 0 Å². The SMILES string of the molecule is CCO.c1cc(-c2ccncc2)ccn1.c1cc[nH]c1. The molecule has 0 amide bonds. The molecule has 0 spiro atoms. The number of aromatic amines is 1. The molecule has 4 nitrogen and oxygen atoms in total.